The molecule has 0 bridgehead atoms. The van der Waals surface area contributed by atoms with E-state index >= 15 is 0 Å². The van der Waals surface area contributed by atoms with Crippen molar-refractivity contribution >= 4 is 22.7 Å². The van der Waals surface area contributed by atoms with Crippen LogP contribution in [0, 0.1) is 0 Å². The van der Waals surface area contributed by atoms with E-state index in [2.05, 4.69) is 11.1 Å². The largest absolute Gasteiger partial charge is 0.454 e. The molecule has 2 saturated heterocycles. The molecule has 2 fully saturated rings. The van der Waals surface area contributed by atoms with E-state index < -0.39 is 18.1 Å². The Balaban J connectivity index is 1.45. The maximum Gasteiger partial charge on any atom is 0.246 e. The molecule has 1 aromatic heterocycles. The molecule has 4 aliphatic heterocycles. The van der Waals surface area contributed by atoms with Crippen LogP contribution in [0.25, 0.3) is 10.9 Å². The molecular weight excluding hydrogens is 408 g/mol. The standard InChI is InChI=1S/C24H22N4O4/c25-13-8-17-24(30)28-18(23(29)27(17)10-13)9-15-14-3-1-2-4-16(14)26-21(15)22(28)12-5-6-19-20(7-12)32-11-31-19/h1-7,13,17-18,22,26H,8-11,25H2/t13?,17?,18-,22-/m1/s1. The van der Waals surface area contributed by atoms with Crippen LogP contribution in [0.3, 0.4) is 0 Å². The summed E-state index contributed by atoms with van der Waals surface area (Å²) < 4.78 is 11.1. The van der Waals surface area contributed by atoms with E-state index in [0.717, 1.165) is 27.7 Å². The second kappa shape index (κ2) is 6.26. The minimum atomic E-state index is -0.550. The van der Waals surface area contributed by atoms with Crippen molar-refractivity contribution in [2.45, 2.75) is 37.0 Å². The number of fused-ring (bicyclic) bond motifs is 6. The second-order valence-electron chi connectivity index (χ2n) is 9.05. The molecule has 3 aromatic rings. The van der Waals surface area contributed by atoms with Gasteiger partial charge in [0.15, 0.2) is 11.5 Å². The number of hydrogen-bond acceptors (Lipinski definition) is 5. The van der Waals surface area contributed by atoms with E-state index in [-0.39, 0.29) is 24.6 Å². The van der Waals surface area contributed by atoms with Crippen LogP contribution < -0.4 is 15.2 Å². The molecule has 2 amide bonds. The molecule has 0 spiro atoms. The summed E-state index contributed by atoms with van der Waals surface area (Å²) in [6, 6.07) is 12.2. The molecule has 2 unspecified atom stereocenters. The molecule has 2 aromatic carbocycles. The van der Waals surface area contributed by atoms with Crippen molar-refractivity contribution < 1.29 is 19.1 Å². The van der Waals surface area contributed by atoms with Crippen molar-refractivity contribution in [2.75, 3.05) is 13.3 Å². The van der Waals surface area contributed by atoms with Gasteiger partial charge in [0, 0.05) is 35.6 Å². The van der Waals surface area contributed by atoms with Crippen LogP contribution in [0.15, 0.2) is 42.5 Å². The van der Waals surface area contributed by atoms with E-state index in [1.54, 1.807) is 9.80 Å². The van der Waals surface area contributed by atoms with Crippen LogP contribution in [0.4, 0.5) is 0 Å². The highest BCUT2D eigenvalue weighted by Crippen LogP contribution is 2.46. The summed E-state index contributed by atoms with van der Waals surface area (Å²) in [7, 11) is 0. The van der Waals surface area contributed by atoms with Crippen LogP contribution in [0.1, 0.15) is 29.3 Å². The number of amides is 2. The molecule has 7 rings (SSSR count). The third-order valence-corrected chi connectivity index (χ3v) is 7.28. The maximum atomic E-state index is 13.8. The third kappa shape index (κ3) is 2.30. The number of aromatic amines is 1. The SMILES string of the molecule is NC1CC2C(=O)N3[C@H](c4ccc5c(c4)OCO5)c4[nH]c5ccccc5c4C[C@@H]3C(=O)N2C1. The average Bonchev–Trinajstić information content (AvgIpc) is 3.52. The fourth-order valence-corrected chi connectivity index (χ4v) is 5.89. The van der Waals surface area contributed by atoms with Gasteiger partial charge in [0.25, 0.3) is 0 Å². The lowest BCUT2D eigenvalue weighted by atomic mass is 9.85. The first-order valence-electron chi connectivity index (χ1n) is 11.0. The van der Waals surface area contributed by atoms with Gasteiger partial charge in [-0.3, -0.25) is 9.59 Å². The Morgan fingerprint density at radius 3 is 2.75 bits per heavy atom. The van der Waals surface area contributed by atoms with Crippen LogP contribution in [-0.4, -0.2) is 58.1 Å². The number of rotatable bonds is 1. The van der Waals surface area contributed by atoms with Crippen LogP contribution in [0.5, 0.6) is 11.5 Å². The molecule has 4 aliphatic rings. The molecule has 8 heteroatoms. The molecule has 5 heterocycles. The maximum absolute atomic E-state index is 13.8. The van der Waals surface area contributed by atoms with Crippen molar-refractivity contribution in [3.63, 3.8) is 0 Å². The monoisotopic (exact) mass is 430 g/mol. The third-order valence-electron chi connectivity index (χ3n) is 7.28. The minimum absolute atomic E-state index is 0.00998. The van der Waals surface area contributed by atoms with Gasteiger partial charge in [0.1, 0.15) is 12.1 Å². The van der Waals surface area contributed by atoms with E-state index in [1.807, 2.05) is 36.4 Å². The number of hydrogen-bond donors (Lipinski definition) is 2. The lowest BCUT2D eigenvalue weighted by Gasteiger charge is -2.48. The number of benzene rings is 2. The average molecular weight is 430 g/mol. The topological polar surface area (TPSA) is 101 Å². The highest BCUT2D eigenvalue weighted by molar-refractivity contribution is 6.00. The van der Waals surface area contributed by atoms with Gasteiger partial charge in [0.2, 0.25) is 18.6 Å². The van der Waals surface area contributed by atoms with Crippen LogP contribution >= 0.6 is 0 Å². The molecular formula is C24H22N4O4. The Hall–Kier alpha value is -3.52. The summed E-state index contributed by atoms with van der Waals surface area (Å²) >= 11 is 0. The minimum Gasteiger partial charge on any atom is -0.454 e. The van der Waals surface area contributed by atoms with Crippen molar-refractivity contribution in [1.29, 1.82) is 0 Å². The predicted molar refractivity (Wildman–Crippen MR) is 115 cm³/mol. The Morgan fingerprint density at radius 1 is 1.00 bits per heavy atom. The number of nitrogens with one attached hydrogen (secondary N) is 1. The molecule has 162 valence electrons. The Morgan fingerprint density at radius 2 is 1.84 bits per heavy atom. The Labute approximate surface area is 183 Å². The lowest BCUT2D eigenvalue weighted by Crippen LogP contribution is -2.65. The zero-order valence-corrected chi connectivity index (χ0v) is 17.3. The van der Waals surface area contributed by atoms with Gasteiger partial charge < -0.3 is 30.0 Å². The van der Waals surface area contributed by atoms with Crippen LogP contribution in [0.2, 0.25) is 0 Å². The number of carbonyl (C=O) groups is 2. The zero-order valence-electron chi connectivity index (χ0n) is 17.3. The summed E-state index contributed by atoms with van der Waals surface area (Å²) in [6.45, 7) is 0.620. The first-order chi connectivity index (χ1) is 15.6. The Bertz CT molecular complexity index is 1300. The molecule has 8 nitrogen and oxygen atoms in total. The molecule has 0 saturated carbocycles. The first kappa shape index (κ1) is 18.1. The summed E-state index contributed by atoms with van der Waals surface area (Å²) in [6.07, 6.45) is 0.991. The number of nitrogens with zero attached hydrogens (tertiary/aromatic N) is 2. The molecule has 3 N–H and O–H groups in total. The van der Waals surface area contributed by atoms with Crippen LogP contribution in [-0.2, 0) is 16.0 Å². The lowest BCUT2D eigenvalue weighted by molar-refractivity contribution is -0.162. The normalized spacial score (nSPS) is 28.2. The molecule has 0 aliphatic carbocycles. The number of ether oxygens (including phenoxy) is 2. The molecule has 32 heavy (non-hydrogen) atoms. The number of para-hydroxylation sites is 1. The van der Waals surface area contributed by atoms with Gasteiger partial charge in [-0.25, -0.2) is 0 Å². The van der Waals surface area contributed by atoms with Crippen molar-refractivity contribution in [3.05, 3.63) is 59.3 Å². The second-order valence-corrected chi connectivity index (χ2v) is 9.05. The predicted octanol–water partition coefficient (Wildman–Crippen LogP) is 1.68. The van der Waals surface area contributed by atoms with Crippen molar-refractivity contribution in [3.8, 4) is 11.5 Å². The first-order valence-corrected chi connectivity index (χ1v) is 11.0. The van der Waals surface area contributed by atoms with Gasteiger partial charge >= 0.3 is 0 Å². The van der Waals surface area contributed by atoms with Gasteiger partial charge in [-0.1, -0.05) is 24.3 Å². The van der Waals surface area contributed by atoms with E-state index in [0.29, 0.717) is 30.9 Å². The van der Waals surface area contributed by atoms with Gasteiger partial charge in [0.05, 0.1) is 6.04 Å². The number of aromatic nitrogens is 1. The highest BCUT2D eigenvalue weighted by atomic mass is 16.7. The van der Waals surface area contributed by atoms with Gasteiger partial charge in [-0.2, -0.15) is 0 Å². The molecule has 0 radical (unpaired) electrons. The summed E-state index contributed by atoms with van der Waals surface area (Å²) in [4.78, 5) is 34.4. The summed E-state index contributed by atoms with van der Waals surface area (Å²) in [5.74, 6) is 1.30. The number of piperazine rings is 1. The van der Waals surface area contributed by atoms with E-state index in [4.69, 9.17) is 15.2 Å². The van der Waals surface area contributed by atoms with E-state index in [1.165, 1.54) is 0 Å². The van der Waals surface area contributed by atoms with Crippen molar-refractivity contribution in [2.24, 2.45) is 5.73 Å². The Kier molecular flexibility index (Phi) is 3.54. The quantitative estimate of drug-likeness (QED) is 0.612. The van der Waals surface area contributed by atoms with Gasteiger partial charge in [-0.15, -0.1) is 0 Å². The number of carbonyl (C=O) groups excluding carboxylic acids is 2. The fourth-order valence-electron chi connectivity index (χ4n) is 5.89. The smallest absolute Gasteiger partial charge is 0.246 e. The zero-order chi connectivity index (χ0) is 21.6. The van der Waals surface area contributed by atoms with Gasteiger partial charge in [-0.05, 0) is 35.7 Å². The number of nitrogens with two attached hydrogens (primary N) is 1. The fraction of sp³-hybridized carbons (Fsp3) is 0.333. The van der Waals surface area contributed by atoms with Crippen molar-refractivity contribution in [1.82, 2.24) is 14.8 Å². The van der Waals surface area contributed by atoms with E-state index in [9.17, 15) is 9.59 Å². The summed E-state index contributed by atoms with van der Waals surface area (Å²) in [5, 5.41) is 1.09. The number of H-pyrrole nitrogens is 1. The summed E-state index contributed by atoms with van der Waals surface area (Å²) in [5.41, 5.74) is 10.1. The molecule has 4 atom stereocenters. The highest BCUT2D eigenvalue weighted by Gasteiger charge is 2.54.